The third-order valence-corrected chi connectivity index (χ3v) is 2.17. The van der Waals surface area contributed by atoms with Crippen LogP contribution in [0.3, 0.4) is 0 Å². The number of rotatable bonds is 5. The van der Waals surface area contributed by atoms with E-state index in [4.69, 9.17) is 9.47 Å². The fraction of sp³-hybridized carbons (Fsp3) is 0.385. The van der Waals surface area contributed by atoms with Crippen LogP contribution in [0, 0.1) is 0 Å². The van der Waals surface area contributed by atoms with Crippen molar-refractivity contribution in [2.24, 2.45) is 0 Å². The molecule has 19 heavy (non-hydrogen) atoms. The number of amides is 1. The van der Waals surface area contributed by atoms with E-state index in [2.05, 4.69) is 5.32 Å². The van der Waals surface area contributed by atoms with Crippen molar-refractivity contribution in [1.29, 1.82) is 0 Å². The quantitative estimate of drug-likeness (QED) is 0.801. The van der Waals surface area contributed by atoms with Crippen molar-refractivity contribution < 1.29 is 24.2 Å². The minimum Gasteiger partial charge on any atom is -0.508 e. The lowest BCUT2D eigenvalue weighted by Crippen LogP contribution is -2.17. The lowest BCUT2D eigenvalue weighted by molar-refractivity contribution is 0.0527. The van der Waals surface area contributed by atoms with Crippen molar-refractivity contribution in [3.05, 3.63) is 23.8 Å². The van der Waals surface area contributed by atoms with Gasteiger partial charge in [-0.15, -0.1) is 0 Å². The minimum atomic E-state index is -0.682. The molecule has 0 bridgehead atoms. The summed E-state index contributed by atoms with van der Waals surface area (Å²) in [7, 11) is 0. The topological polar surface area (TPSA) is 84.9 Å². The summed E-state index contributed by atoms with van der Waals surface area (Å²) in [5.41, 5.74) is 0.313. The molecule has 2 N–H and O–H groups in total. The first-order valence-corrected chi connectivity index (χ1v) is 6.02. The lowest BCUT2D eigenvalue weighted by Gasteiger charge is -2.11. The first-order chi connectivity index (χ1) is 9.08. The molecule has 0 aliphatic carbocycles. The number of hydrogen-bond donors (Lipinski definition) is 2. The zero-order valence-corrected chi connectivity index (χ0v) is 10.9. The summed E-state index contributed by atoms with van der Waals surface area (Å²) in [6.45, 7) is 4.05. The molecule has 0 saturated carbocycles. The number of nitrogens with one attached hydrogen (secondary N) is 1. The third kappa shape index (κ3) is 4.50. The Bertz CT molecular complexity index is 458. The normalized spacial score (nSPS) is 9.79. The average Bonchev–Trinajstić information content (AvgIpc) is 2.36. The molecule has 6 heteroatoms. The number of phenolic OH excluding ortho intramolecular Hbond substituents is 1. The van der Waals surface area contributed by atoms with Gasteiger partial charge in [0.25, 0.3) is 0 Å². The van der Waals surface area contributed by atoms with Gasteiger partial charge >= 0.3 is 12.1 Å². The molecule has 1 aromatic carbocycles. The average molecular weight is 267 g/mol. The summed E-state index contributed by atoms with van der Waals surface area (Å²) in [5.74, 6) is -0.646. The van der Waals surface area contributed by atoms with Gasteiger partial charge in [0.1, 0.15) is 5.75 Å². The zero-order chi connectivity index (χ0) is 14.3. The Hall–Kier alpha value is -2.24. The van der Waals surface area contributed by atoms with Gasteiger partial charge in [-0.1, -0.05) is 6.92 Å². The van der Waals surface area contributed by atoms with Crippen LogP contribution in [0.15, 0.2) is 18.2 Å². The summed E-state index contributed by atoms with van der Waals surface area (Å²) >= 11 is 0. The van der Waals surface area contributed by atoms with Crippen molar-refractivity contribution in [3.63, 3.8) is 0 Å². The van der Waals surface area contributed by atoms with Gasteiger partial charge in [-0.3, -0.25) is 5.32 Å². The Morgan fingerprint density at radius 1 is 1.26 bits per heavy atom. The smallest absolute Gasteiger partial charge is 0.411 e. The summed E-state index contributed by atoms with van der Waals surface area (Å²) < 4.78 is 9.70. The molecule has 1 aromatic rings. The third-order valence-electron chi connectivity index (χ3n) is 2.17. The highest BCUT2D eigenvalue weighted by Crippen LogP contribution is 2.22. The van der Waals surface area contributed by atoms with Crippen LogP contribution in [-0.4, -0.2) is 30.4 Å². The van der Waals surface area contributed by atoms with E-state index in [1.54, 1.807) is 6.92 Å². The summed E-state index contributed by atoms with van der Waals surface area (Å²) in [6.07, 6.45) is 0.0102. The van der Waals surface area contributed by atoms with Crippen LogP contribution in [0.5, 0.6) is 5.75 Å². The van der Waals surface area contributed by atoms with E-state index in [0.29, 0.717) is 6.42 Å². The molecule has 0 atom stereocenters. The molecule has 0 aromatic heterocycles. The number of carbonyl (C=O) groups excluding carboxylic acids is 2. The van der Waals surface area contributed by atoms with E-state index >= 15 is 0 Å². The van der Waals surface area contributed by atoms with Crippen LogP contribution in [-0.2, 0) is 9.47 Å². The Morgan fingerprint density at radius 3 is 2.63 bits per heavy atom. The van der Waals surface area contributed by atoms with Crippen molar-refractivity contribution in [1.82, 2.24) is 0 Å². The predicted octanol–water partition coefficient (Wildman–Crippen LogP) is 2.53. The minimum absolute atomic E-state index is 0.0705. The van der Waals surface area contributed by atoms with Crippen LogP contribution >= 0.6 is 0 Å². The molecule has 6 nitrogen and oxygen atoms in total. The lowest BCUT2D eigenvalue weighted by atomic mass is 10.1. The largest absolute Gasteiger partial charge is 0.508 e. The molecule has 0 aliphatic rings. The summed E-state index contributed by atoms with van der Waals surface area (Å²) in [4.78, 5) is 23.1. The summed E-state index contributed by atoms with van der Waals surface area (Å²) in [5, 5.41) is 11.8. The highest BCUT2D eigenvalue weighted by Gasteiger charge is 2.15. The monoisotopic (exact) mass is 267 g/mol. The molecule has 0 unspecified atom stereocenters. The van der Waals surface area contributed by atoms with E-state index in [1.807, 2.05) is 6.92 Å². The molecular formula is C13H17NO5. The number of carbonyl (C=O) groups is 2. The van der Waals surface area contributed by atoms with Gasteiger partial charge in [0.15, 0.2) is 0 Å². The van der Waals surface area contributed by atoms with Crippen molar-refractivity contribution in [3.8, 4) is 5.75 Å². The fourth-order valence-electron chi connectivity index (χ4n) is 1.36. The van der Waals surface area contributed by atoms with Gasteiger partial charge in [0.05, 0.1) is 24.5 Å². The number of aromatic hydroxyl groups is 1. The van der Waals surface area contributed by atoms with E-state index in [-0.39, 0.29) is 30.2 Å². The molecule has 1 rings (SSSR count). The van der Waals surface area contributed by atoms with Crippen molar-refractivity contribution >= 4 is 17.7 Å². The Balaban J connectivity index is 2.88. The highest BCUT2D eigenvalue weighted by molar-refractivity contribution is 6.00. The van der Waals surface area contributed by atoms with Crippen LogP contribution in [0.25, 0.3) is 0 Å². The van der Waals surface area contributed by atoms with Gasteiger partial charge in [-0.25, -0.2) is 9.59 Å². The van der Waals surface area contributed by atoms with E-state index < -0.39 is 12.1 Å². The van der Waals surface area contributed by atoms with Gasteiger partial charge in [-0.2, -0.15) is 0 Å². The predicted molar refractivity (Wildman–Crippen MR) is 69.3 cm³/mol. The maximum atomic E-state index is 11.7. The first-order valence-electron chi connectivity index (χ1n) is 6.02. The second-order valence-electron chi connectivity index (χ2n) is 3.71. The molecule has 0 saturated heterocycles. The van der Waals surface area contributed by atoms with Gasteiger partial charge in [0.2, 0.25) is 0 Å². The summed E-state index contributed by atoms with van der Waals surface area (Å²) in [6, 6.07) is 3.98. The van der Waals surface area contributed by atoms with Gasteiger partial charge < -0.3 is 14.6 Å². The molecule has 0 aliphatic heterocycles. The zero-order valence-electron chi connectivity index (χ0n) is 10.9. The van der Waals surface area contributed by atoms with E-state index in [0.717, 1.165) is 0 Å². The number of esters is 1. The van der Waals surface area contributed by atoms with E-state index in [1.165, 1.54) is 18.2 Å². The first kappa shape index (κ1) is 14.8. The molecule has 1 amide bonds. The maximum absolute atomic E-state index is 11.7. The number of anilines is 1. The standard InChI is InChI=1S/C13H17NO5/c1-3-7-19-13(17)14-11-8-9(15)5-6-10(11)12(16)18-4-2/h5-6,8,15H,3-4,7H2,1-2H3,(H,14,17). The number of ether oxygens (including phenoxy) is 2. The van der Waals surface area contributed by atoms with Crippen LogP contribution < -0.4 is 5.32 Å². The van der Waals surface area contributed by atoms with Gasteiger partial charge in [-0.05, 0) is 25.5 Å². The molecule has 0 fully saturated rings. The molecule has 0 radical (unpaired) electrons. The van der Waals surface area contributed by atoms with Crippen molar-refractivity contribution in [2.75, 3.05) is 18.5 Å². The molecule has 0 heterocycles. The number of phenols is 1. The SMILES string of the molecule is CCCOC(=O)Nc1cc(O)ccc1C(=O)OCC. The Labute approximate surface area is 111 Å². The van der Waals surface area contributed by atoms with Crippen LogP contribution in [0.4, 0.5) is 10.5 Å². The van der Waals surface area contributed by atoms with Crippen LogP contribution in [0.1, 0.15) is 30.6 Å². The van der Waals surface area contributed by atoms with Gasteiger partial charge in [0, 0.05) is 6.07 Å². The Kier molecular flexibility index (Phi) is 5.66. The molecule has 104 valence electrons. The second-order valence-corrected chi connectivity index (χ2v) is 3.71. The molecule has 0 spiro atoms. The highest BCUT2D eigenvalue weighted by atomic mass is 16.5. The van der Waals surface area contributed by atoms with Crippen molar-refractivity contribution in [2.45, 2.75) is 20.3 Å². The maximum Gasteiger partial charge on any atom is 0.411 e. The Morgan fingerprint density at radius 2 is 2.00 bits per heavy atom. The second kappa shape index (κ2) is 7.25. The van der Waals surface area contributed by atoms with E-state index in [9.17, 15) is 14.7 Å². The van der Waals surface area contributed by atoms with Crippen LogP contribution in [0.2, 0.25) is 0 Å². The molecular weight excluding hydrogens is 250 g/mol. The number of hydrogen-bond acceptors (Lipinski definition) is 5. The fourth-order valence-corrected chi connectivity index (χ4v) is 1.36. The number of benzene rings is 1.